The molecule has 1 aliphatic carbocycles. The van der Waals surface area contributed by atoms with Gasteiger partial charge in [-0.25, -0.2) is 8.42 Å². The van der Waals surface area contributed by atoms with Gasteiger partial charge in [0, 0.05) is 19.0 Å². The summed E-state index contributed by atoms with van der Waals surface area (Å²) in [6.07, 6.45) is 0.605. The summed E-state index contributed by atoms with van der Waals surface area (Å²) in [6, 6.07) is -1.92. The maximum atomic E-state index is 13.5. The summed E-state index contributed by atoms with van der Waals surface area (Å²) in [6.45, 7) is 8.61. The number of nitrogens with one attached hydrogen (secondary N) is 3. The molecule has 3 N–H and O–H groups in total. The van der Waals surface area contributed by atoms with Crippen LogP contribution in [0.15, 0.2) is 0 Å². The second-order valence-corrected chi connectivity index (χ2v) is 13.2. The lowest BCUT2D eigenvalue weighted by Gasteiger charge is -2.37. The number of halogens is 3. The van der Waals surface area contributed by atoms with E-state index in [4.69, 9.17) is 0 Å². The third-order valence-electron chi connectivity index (χ3n) is 7.61. The Morgan fingerprint density at radius 1 is 1.28 bits per heavy atom. The lowest BCUT2D eigenvalue weighted by molar-refractivity contribution is -0.143. The molecule has 0 radical (unpaired) electrons. The van der Waals surface area contributed by atoms with E-state index in [0.29, 0.717) is 13.0 Å². The van der Waals surface area contributed by atoms with E-state index in [0.717, 1.165) is 4.90 Å². The van der Waals surface area contributed by atoms with Crippen LogP contribution < -0.4 is 15.4 Å². The van der Waals surface area contributed by atoms with Crippen molar-refractivity contribution in [2.24, 2.45) is 28.6 Å². The van der Waals surface area contributed by atoms with Gasteiger partial charge in [-0.15, -0.1) is 0 Å². The van der Waals surface area contributed by atoms with E-state index in [-0.39, 0.29) is 36.1 Å². The number of amides is 3. The number of fused-ring (bicyclic) bond motifs is 1. The van der Waals surface area contributed by atoms with Gasteiger partial charge in [-0.05, 0) is 35.5 Å². The van der Waals surface area contributed by atoms with Crippen LogP contribution >= 0.6 is 0 Å². The molecule has 0 aromatic carbocycles. The van der Waals surface area contributed by atoms with Gasteiger partial charge in [0.25, 0.3) is 0 Å². The first-order valence-corrected chi connectivity index (χ1v) is 13.2. The van der Waals surface area contributed by atoms with Gasteiger partial charge in [-0.1, -0.05) is 34.6 Å². The van der Waals surface area contributed by atoms with Crippen LogP contribution in [-0.2, 0) is 24.4 Å². The summed E-state index contributed by atoms with van der Waals surface area (Å²) in [5, 5.41) is 14.8. The van der Waals surface area contributed by atoms with Crippen molar-refractivity contribution in [2.75, 3.05) is 13.1 Å². The van der Waals surface area contributed by atoms with E-state index in [2.05, 4.69) is 10.6 Å². The van der Waals surface area contributed by atoms with Crippen molar-refractivity contribution in [1.29, 1.82) is 5.26 Å². The summed E-state index contributed by atoms with van der Waals surface area (Å²) in [7, 11) is -5.84. The van der Waals surface area contributed by atoms with Crippen LogP contribution in [-0.4, -0.2) is 67.8 Å². The molecule has 0 spiro atoms. The Kier molecular flexibility index (Phi) is 7.17. The zero-order chi connectivity index (χ0) is 27.4. The van der Waals surface area contributed by atoms with E-state index in [1.54, 1.807) is 0 Å². The van der Waals surface area contributed by atoms with Crippen molar-refractivity contribution in [3.8, 4) is 6.07 Å². The molecule has 1 saturated carbocycles. The zero-order valence-corrected chi connectivity index (χ0v) is 21.6. The van der Waals surface area contributed by atoms with Crippen LogP contribution in [0, 0.1) is 39.9 Å². The molecule has 3 aliphatic rings. The summed E-state index contributed by atoms with van der Waals surface area (Å²) in [5.74, 6) is -2.67. The number of nitrogens with zero attached hydrogens (tertiary/aromatic N) is 2. The van der Waals surface area contributed by atoms with Crippen molar-refractivity contribution in [3.63, 3.8) is 0 Å². The summed E-state index contributed by atoms with van der Waals surface area (Å²) >= 11 is 0. The van der Waals surface area contributed by atoms with Crippen LogP contribution in [0.5, 0.6) is 0 Å². The first kappa shape index (κ1) is 28.2. The number of likely N-dealkylation sites (tertiary alicyclic amines) is 1. The van der Waals surface area contributed by atoms with E-state index in [1.165, 1.54) is 25.5 Å². The monoisotopic (exact) mass is 535 g/mol. The highest BCUT2D eigenvalue weighted by Crippen LogP contribution is 2.65. The second-order valence-electron chi connectivity index (χ2n) is 11.5. The van der Waals surface area contributed by atoms with Gasteiger partial charge < -0.3 is 15.5 Å². The minimum absolute atomic E-state index is 0.0666. The van der Waals surface area contributed by atoms with E-state index >= 15 is 0 Å². The molecule has 3 rings (SSSR count). The molecule has 2 saturated heterocycles. The predicted octanol–water partition coefficient (Wildman–Crippen LogP) is 0.858. The Morgan fingerprint density at radius 2 is 1.89 bits per heavy atom. The molecule has 202 valence electrons. The Bertz CT molecular complexity index is 1080. The lowest BCUT2D eigenvalue weighted by Crippen LogP contribution is -2.60. The van der Waals surface area contributed by atoms with E-state index in [1.807, 2.05) is 19.9 Å². The Morgan fingerprint density at radius 3 is 2.36 bits per heavy atom. The van der Waals surface area contributed by atoms with Gasteiger partial charge in [0.1, 0.15) is 18.1 Å². The van der Waals surface area contributed by atoms with E-state index in [9.17, 15) is 41.2 Å². The highest BCUT2D eigenvalue weighted by Gasteiger charge is 2.70. The van der Waals surface area contributed by atoms with E-state index < -0.39 is 56.8 Å². The Hall–Kier alpha value is -2.40. The van der Waals surface area contributed by atoms with Crippen molar-refractivity contribution in [1.82, 2.24) is 20.3 Å². The van der Waals surface area contributed by atoms with Gasteiger partial charge in [0.15, 0.2) is 0 Å². The molecule has 3 fully saturated rings. The van der Waals surface area contributed by atoms with Crippen molar-refractivity contribution >= 4 is 27.7 Å². The first-order chi connectivity index (χ1) is 16.3. The smallest absolute Gasteiger partial charge is 0.356 e. The van der Waals surface area contributed by atoms with Crippen LogP contribution in [0.1, 0.15) is 47.5 Å². The number of hydrogen-bond acceptors (Lipinski definition) is 6. The van der Waals surface area contributed by atoms with Gasteiger partial charge in [-0.2, -0.15) is 23.2 Å². The number of rotatable bonds is 7. The molecular weight excluding hydrogens is 503 g/mol. The van der Waals surface area contributed by atoms with Crippen LogP contribution in [0.2, 0.25) is 0 Å². The van der Waals surface area contributed by atoms with Crippen molar-refractivity contribution < 1.29 is 36.0 Å². The highest BCUT2D eigenvalue weighted by atomic mass is 32.2. The minimum atomic E-state index is -5.84. The van der Waals surface area contributed by atoms with Crippen molar-refractivity contribution in [3.05, 3.63) is 0 Å². The number of carbonyl (C=O) groups excluding carboxylic acids is 3. The topological polar surface area (TPSA) is 148 Å². The predicted molar refractivity (Wildman–Crippen MR) is 121 cm³/mol. The molecule has 3 amide bonds. The molecule has 2 aliphatic heterocycles. The number of nitriles is 1. The second kappa shape index (κ2) is 9.16. The molecule has 0 aromatic heterocycles. The Balaban J connectivity index is 1.84. The largest absolute Gasteiger partial charge is 0.511 e. The average molecular weight is 536 g/mol. The van der Waals surface area contributed by atoms with Crippen LogP contribution in [0.25, 0.3) is 0 Å². The zero-order valence-electron chi connectivity index (χ0n) is 20.8. The molecule has 0 aromatic rings. The maximum absolute atomic E-state index is 13.5. The van der Waals surface area contributed by atoms with Gasteiger partial charge in [0.05, 0.1) is 6.07 Å². The average Bonchev–Trinajstić information content (AvgIpc) is 3.09. The molecule has 0 bridgehead atoms. The molecule has 0 unspecified atom stereocenters. The number of sulfonamides is 1. The third-order valence-corrected chi connectivity index (χ3v) is 8.76. The molecule has 14 heteroatoms. The lowest BCUT2D eigenvalue weighted by atomic mass is 9.86. The summed E-state index contributed by atoms with van der Waals surface area (Å²) in [5.41, 5.74) is -7.19. The number of piperidine rings is 1. The fourth-order valence-corrected chi connectivity index (χ4v) is 6.25. The van der Waals surface area contributed by atoms with Crippen molar-refractivity contribution in [2.45, 2.75) is 71.1 Å². The third kappa shape index (κ3) is 5.18. The highest BCUT2D eigenvalue weighted by molar-refractivity contribution is 7.90. The SMILES string of the molecule is CC(C)(C)[C@H](NS(=O)(=O)C(F)(F)F)C(=O)N1C[C@H]2[C@@H]([C@H]1C(=O)N[C@H](C#N)C[C@@H]1CCNC1=O)C2(C)C. The Labute approximate surface area is 208 Å². The normalized spacial score (nSPS) is 29.1. The van der Waals surface area contributed by atoms with Crippen LogP contribution in [0.3, 0.4) is 0 Å². The van der Waals surface area contributed by atoms with Gasteiger partial charge in [0.2, 0.25) is 17.7 Å². The number of carbonyl (C=O) groups is 3. The standard InChI is InChI=1S/C22H32F3N5O5S/c1-20(2,3)16(29-36(34,35)22(23,24)25)19(33)30-10-13-14(21(13,4)5)15(30)18(32)28-12(9-26)8-11-6-7-27-17(11)31/h11-16,29H,6-8,10H2,1-5H3,(H,27,31)(H,28,32)/t11-,12-,13-,14-,15-,16+/m0/s1. The summed E-state index contributed by atoms with van der Waals surface area (Å²) < 4.78 is 64.4. The quantitative estimate of drug-likeness (QED) is 0.440. The fourth-order valence-electron chi connectivity index (χ4n) is 5.35. The molecule has 36 heavy (non-hydrogen) atoms. The van der Waals surface area contributed by atoms with Gasteiger partial charge >= 0.3 is 15.5 Å². The van der Waals surface area contributed by atoms with Crippen LogP contribution in [0.4, 0.5) is 13.2 Å². The minimum Gasteiger partial charge on any atom is -0.356 e. The molecule has 6 atom stereocenters. The van der Waals surface area contributed by atoms with Gasteiger partial charge in [-0.3, -0.25) is 14.4 Å². The maximum Gasteiger partial charge on any atom is 0.511 e. The number of alkyl halides is 3. The molecule has 2 heterocycles. The summed E-state index contributed by atoms with van der Waals surface area (Å²) in [4.78, 5) is 39.9. The molecular formula is C22H32F3N5O5S. The fraction of sp³-hybridized carbons (Fsp3) is 0.818. The first-order valence-electron chi connectivity index (χ1n) is 11.7. The molecule has 10 nitrogen and oxygen atoms in total. The number of hydrogen-bond donors (Lipinski definition) is 3.